The zero-order valence-electron chi connectivity index (χ0n) is 7.67. The van der Waals surface area contributed by atoms with Crippen molar-refractivity contribution in [2.75, 3.05) is 13.2 Å². The summed E-state index contributed by atoms with van der Waals surface area (Å²) in [4.78, 5) is 0. The van der Waals surface area contributed by atoms with Crippen LogP contribution in [0.3, 0.4) is 0 Å². The van der Waals surface area contributed by atoms with Crippen molar-refractivity contribution in [2.24, 2.45) is 17.6 Å². The summed E-state index contributed by atoms with van der Waals surface area (Å²) in [6.45, 7) is 1.97. The fraction of sp³-hybridized carbons (Fsp3) is 1.00. The normalized spacial score (nSPS) is 38.8. The van der Waals surface area contributed by atoms with Crippen LogP contribution >= 0.6 is 0 Å². The van der Waals surface area contributed by atoms with Crippen LogP contribution in [0.2, 0.25) is 0 Å². The Balaban J connectivity index is 1.83. The van der Waals surface area contributed by atoms with E-state index in [1.54, 1.807) is 0 Å². The first-order chi connectivity index (χ1) is 5.86. The van der Waals surface area contributed by atoms with E-state index in [0.717, 1.165) is 25.0 Å². The minimum Gasteiger partial charge on any atom is -0.381 e. The van der Waals surface area contributed by atoms with Gasteiger partial charge in [-0.05, 0) is 43.9 Å². The highest BCUT2D eigenvalue weighted by atomic mass is 16.5. The molecule has 1 aliphatic carbocycles. The highest BCUT2D eigenvalue weighted by molar-refractivity contribution is 4.83. The third kappa shape index (κ3) is 1.80. The molecule has 0 aromatic heterocycles. The molecule has 2 N–H and O–H groups in total. The predicted molar refractivity (Wildman–Crippen MR) is 48.9 cm³/mol. The molecule has 1 saturated heterocycles. The van der Waals surface area contributed by atoms with Crippen molar-refractivity contribution in [2.45, 2.75) is 38.1 Å². The molecule has 2 nitrogen and oxygen atoms in total. The van der Waals surface area contributed by atoms with E-state index in [1.165, 1.54) is 32.1 Å². The van der Waals surface area contributed by atoms with Gasteiger partial charge in [-0.3, -0.25) is 0 Å². The molecule has 2 unspecified atom stereocenters. The molecule has 0 spiro atoms. The predicted octanol–water partition coefficient (Wildman–Crippen LogP) is 1.54. The molecule has 1 aliphatic heterocycles. The lowest BCUT2D eigenvalue weighted by atomic mass is 9.85. The second kappa shape index (κ2) is 3.75. The molecule has 2 rings (SSSR count). The zero-order chi connectivity index (χ0) is 8.39. The van der Waals surface area contributed by atoms with E-state index in [1.807, 2.05) is 0 Å². The van der Waals surface area contributed by atoms with Crippen LogP contribution in [0.4, 0.5) is 0 Å². The lowest BCUT2D eigenvalue weighted by Gasteiger charge is -2.27. The van der Waals surface area contributed by atoms with Crippen LogP contribution in [0.1, 0.15) is 32.1 Å². The minimum atomic E-state index is 0.498. The number of rotatable bonds is 1. The van der Waals surface area contributed by atoms with Gasteiger partial charge in [-0.25, -0.2) is 0 Å². The van der Waals surface area contributed by atoms with E-state index in [9.17, 15) is 0 Å². The van der Waals surface area contributed by atoms with Crippen LogP contribution < -0.4 is 5.73 Å². The highest BCUT2D eigenvalue weighted by Gasteiger charge is 2.29. The van der Waals surface area contributed by atoms with Crippen molar-refractivity contribution in [1.29, 1.82) is 0 Å². The van der Waals surface area contributed by atoms with Gasteiger partial charge in [0.1, 0.15) is 0 Å². The second-order valence-corrected chi connectivity index (χ2v) is 4.28. The van der Waals surface area contributed by atoms with E-state index in [2.05, 4.69) is 0 Å². The standard InChI is InChI=1S/C10H19NO/c11-10-2-1-9(7-10)8-3-5-12-6-4-8/h8-10H,1-7,11H2. The monoisotopic (exact) mass is 169 g/mol. The molecule has 0 aromatic carbocycles. The van der Waals surface area contributed by atoms with Crippen LogP contribution in [-0.4, -0.2) is 19.3 Å². The molecule has 0 amide bonds. The van der Waals surface area contributed by atoms with Gasteiger partial charge in [0, 0.05) is 19.3 Å². The van der Waals surface area contributed by atoms with Crippen molar-refractivity contribution in [1.82, 2.24) is 0 Å². The molecule has 2 fully saturated rings. The van der Waals surface area contributed by atoms with Crippen molar-refractivity contribution in [3.63, 3.8) is 0 Å². The largest absolute Gasteiger partial charge is 0.381 e. The Morgan fingerprint density at radius 3 is 2.25 bits per heavy atom. The van der Waals surface area contributed by atoms with E-state index in [-0.39, 0.29) is 0 Å². The Kier molecular flexibility index (Phi) is 2.66. The van der Waals surface area contributed by atoms with Gasteiger partial charge in [-0.15, -0.1) is 0 Å². The second-order valence-electron chi connectivity index (χ2n) is 4.28. The van der Waals surface area contributed by atoms with Gasteiger partial charge in [-0.1, -0.05) is 0 Å². The third-order valence-electron chi connectivity index (χ3n) is 3.45. The summed E-state index contributed by atoms with van der Waals surface area (Å²) in [6.07, 6.45) is 6.44. The summed E-state index contributed by atoms with van der Waals surface area (Å²) in [5.74, 6) is 1.84. The van der Waals surface area contributed by atoms with Crippen LogP contribution in [0, 0.1) is 11.8 Å². The van der Waals surface area contributed by atoms with Gasteiger partial charge in [0.2, 0.25) is 0 Å². The Hall–Kier alpha value is -0.0800. The average molecular weight is 169 g/mol. The molecular formula is C10H19NO. The Morgan fingerprint density at radius 1 is 0.917 bits per heavy atom. The molecule has 0 aromatic rings. The first-order valence-electron chi connectivity index (χ1n) is 5.19. The van der Waals surface area contributed by atoms with Crippen LogP contribution in [0.25, 0.3) is 0 Å². The fourth-order valence-corrected chi connectivity index (χ4v) is 2.67. The van der Waals surface area contributed by atoms with Crippen molar-refractivity contribution in [3.05, 3.63) is 0 Å². The lowest BCUT2D eigenvalue weighted by Crippen LogP contribution is -2.23. The molecule has 0 bridgehead atoms. The molecule has 2 atom stereocenters. The van der Waals surface area contributed by atoms with E-state index < -0.39 is 0 Å². The smallest absolute Gasteiger partial charge is 0.0468 e. The molecule has 0 radical (unpaired) electrons. The topological polar surface area (TPSA) is 35.2 Å². The van der Waals surface area contributed by atoms with Crippen LogP contribution in [0.5, 0.6) is 0 Å². The van der Waals surface area contributed by atoms with Crippen molar-refractivity contribution in [3.8, 4) is 0 Å². The SMILES string of the molecule is NC1CCC(C2CCOCC2)C1. The van der Waals surface area contributed by atoms with E-state index >= 15 is 0 Å². The Morgan fingerprint density at radius 2 is 1.67 bits per heavy atom. The summed E-state index contributed by atoms with van der Waals surface area (Å²) in [5.41, 5.74) is 5.90. The first-order valence-corrected chi connectivity index (χ1v) is 5.19. The quantitative estimate of drug-likeness (QED) is 0.646. The maximum atomic E-state index is 5.90. The molecule has 2 aliphatic rings. The molecule has 1 heterocycles. The molecule has 70 valence electrons. The average Bonchev–Trinajstić information content (AvgIpc) is 2.54. The van der Waals surface area contributed by atoms with Crippen LogP contribution in [0.15, 0.2) is 0 Å². The molecule has 2 heteroatoms. The number of nitrogens with two attached hydrogens (primary N) is 1. The summed E-state index contributed by atoms with van der Waals surface area (Å²) >= 11 is 0. The first kappa shape index (κ1) is 8.52. The maximum Gasteiger partial charge on any atom is 0.0468 e. The summed E-state index contributed by atoms with van der Waals surface area (Å²) in [6, 6.07) is 0.498. The third-order valence-corrected chi connectivity index (χ3v) is 3.45. The van der Waals surface area contributed by atoms with Gasteiger partial charge in [0.15, 0.2) is 0 Å². The number of hydrogen-bond donors (Lipinski definition) is 1. The number of ether oxygens (including phenoxy) is 1. The van der Waals surface area contributed by atoms with E-state index in [4.69, 9.17) is 10.5 Å². The van der Waals surface area contributed by atoms with Gasteiger partial charge < -0.3 is 10.5 Å². The van der Waals surface area contributed by atoms with Gasteiger partial charge in [0.25, 0.3) is 0 Å². The maximum absolute atomic E-state index is 5.90. The Bertz CT molecular complexity index is 140. The van der Waals surface area contributed by atoms with Gasteiger partial charge >= 0.3 is 0 Å². The van der Waals surface area contributed by atoms with Crippen LogP contribution in [-0.2, 0) is 4.74 Å². The van der Waals surface area contributed by atoms with Gasteiger partial charge in [0.05, 0.1) is 0 Å². The molecule has 1 saturated carbocycles. The van der Waals surface area contributed by atoms with E-state index in [0.29, 0.717) is 6.04 Å². The van der Waals surface area contributed by atoms with Crippen molar-refractivity contribution >= 4 is 0 Å². The summed E-state index contributed by atoms with van der Waals surface area (Å²) in [7, 11) is 0. The lowest BCUT2D eigenvalue weighted by molar-refractivity contribution is 0.0474. The van der Waals surface area contributed by atoms with Crippen molar-refractivity contribution < 1.29 is 4.74 Å². The summed E-state index contributed by atoms with van der Waals surface area (Å²) < 4.78 is 5.35. The molecular weight excluding hydrogens is 150 g/mol. The highest BCUT2D eigenvalue weighted by Crippen LogP contribution is 2.35. The summed E-state index contributed by atoms with van der Waals surface area (Å²) in [5, 5.41) is 0. The number of hydrogen-bond acceptors (Lipinski definition) is 2. The minimum absolute atomic E-state index is 0.498. The fourth-order valence-electron chi connectivity index (χ4n) is 2.67. The Labute approximate surface area is 74.5 Å². The molecule has 12 heavy (non-hydrogen) atoms. The van der Waals surface area contributed by atoms with Gasteiger partial charge in [-0.2, -0.15) is 0 Å². The zero-order valence-corrected chi connectivity index (χ0v) is 7.67.